The smallest absolute Gasteiger partial charge is 0.225 e. The van der Waals surface area contributed by atoms with E-state index in [9.17, 15) is 4.79 Å². The lowest BCUT2D eigenvalue weighted by molar-refractivity contribution is -0.138. The van der Waals surface area contributed by atoms with E-state index in [4.69, 9.17) is 4.84 Å². The summed E-state index contributed by atoms with van der Waals surface area (Å²) in [6, 6.07) is 8.20. The molecule has 4 heteroatoms. The van der Waals surface area contributed by atoms with Gasteiger partial charge >= 0.3 is 0 Å². The topological polar surface area (TPSA) is 41.9 Å². The van der Waals surface area contributed by atoms with Crippen LogP contribution >= 0.6 is 0 Å². The minimum Gasteiger partial charge on any atom is -0.390 e. The number of hydrogen-bond acceptors (Lipinski definition) is 3. The van der Waals surface area contributed by atoms with Crippen LogP contribution in [0.3, 0.4) is 0 Å². The van der Waals surface area contributed by atoms with Gasteiger partial charge in [-0.3, -0.25) is 4.79 Å². The Bertz CT molecular complexity index is 564. The first-order chi connectivity index (χ1) is 10.1. The zero-order valence-electron chi connectivity index (χ0n) is 12.7. The van der Waals surface area contributed by atoms with E-state index in [1.54, 1.807) is 0 Å². The van der Waals surface area contributed by atoms with Crippen molar-refractivity contribution in [3.8, 4) is 0 Å². The summed E-state index contributed by atoms with van der Waals surface area (Å²) < 4.78 is 0. The van der Waals surface area contributed by atoms with Crippen molar-refractivity contribution in [1.29, 1.82) is 0 Å². The summed E-state index contributed by atoms with van der Waals surface area (Å²) in [5.74, 6) is 0.502. The van der Waals surface area contributed by atoms with Gasteiger partial charge in [0, 0.05) is 24.9 Å². The molecular weight excluding hydrogens is 264 g/mol. The molecular formula is C17H22N2O2. The van der Waals surface area contributed by atoms with Gasteiger partial charge in [-0.1, -0.05) is 35.8 Å². The SMILES string of the molecule is Cc1ccccc1C1=NO[C@@H](CN(C)C(=O)C2CCC2)C1. The average Bonchev–Trinajstić information content (AvgIpc) is 2.85. The van der Waals surface area contributed by atoms with Crippen molar-refractivity contribution in [2.75, 3.05) is 13.6 Å². The van der Waals surface area contributed by atoms with E-state index >= 15 is 0 Å². The van der Waals surface area contributed by atoms with Crippen molar-refractivity contribution in [2.45, 2.75) is 38.7 Å². The number of aryl methyl sites for hydroxylation is 1. The average molecular weight is 286 g/mol. The fourth-order valence-electron chi connectivity index (χ4n) is 2.94. The van der Waals surface area contributed by atoms with Crippen molar-refractivity contribution in [1.82, 2.24) is 4.90 Å². The molecule has 1 fully saturated rings. The van der Waals surface area contributed by atoms with E-state index < -0.39 is 0 Å². The molecule has 2 aliphatic rings. The molecule has 0 bridgehead atoms. The number of carbonyl (C=O) groups is 1. The van der Waals surface area contributed by atoms with Gasteiger partial charge in [-0.25, -0.2) is 0 Å². The Morgan fingerprint density at radius 3 is 2.81 bits per heavy atom. The molecule has 0 radical (unpaired) electrons. The summed E-state index contributed by atoms with van der Waals surface area (Å²) >= 11 is 0. The number of benzene rings is 1. The van der Waals surface area contributed by atoms with Crippen LogP contribution in [0, 0.1) is 12.8 Å². The molecule has 4 nitrogen and oxygen atoms in total. The summed E-state index contributed by atoms with van der Waals surface area (Å²) in [6.07, 6.45) is 4.02. The minimum absolute atomic E-state index is 0.0198. The Balaban J connectivity index is 1.56. The lowest BCUT2D eigenvalue weighted by atomic mass is 9.84. The number of hydrogen-bond donors (Lipinski definition) is 0. The van der Waals surface area contributed by atoms with Crippen LogP contribution in [-0.2, 0) is 9.63 Å². The molecule has 1 saturated carbocycles. The first-order valence-electron chi connectivity index (χ1n) is 7.69. The van der Waals surface area contributed by atoms with E-state index in [1.165, 1.54) is 12.0 Å². The van der Waals surface area contributed by atoms with Crippen molar-refractivity contribution >= 4 is 11.6 Å². The van der Waals surface area contributed by atoms with E-state index in [-0.39, 0.29) is 17.9 Å². The number of rotatable bonds is 4. The highest BCUT2D eigenvalue weighted by atomic mass is 16.6. The summed E-state index contributed by atoms with van der Waals surface area (Å²) in [5.41, 5.74) is 3.34. The molecule has 0 saturated heterocycles. The predicted molar refractivity (Wildman–Crippen MR) is 82.2 cm³/mol. The van der Waals surface area contributed by atoms with Gasteiger partial charge in [0.1, 0.15) is 0 Å². The number of oxime groups is 1. The zero-order valence-corrected chi connectivity index (χ0v) is 12.7. The van der Waals surface area contributed by atoms with Crippen molar-refractivity contribution in [3.05, 3.63) is 35.4 Å². The van der Waals surface area contributed by atoms with Crippen molar-refractivity contribution in [3.63, 3.8) is 0 Å². The van der Waals surface area contributed by atoms with Gasteiger partial charge in [0.05, 0.1) is 12.3 Å². The van der Waals surface area contributed by atoms with Crippen LogP contribution in [0.1, 0.15) is 36.8 Å². The van der Waals surface area contributed by atoms with E-state index in [0.29, 0.717) is 6.54 Å². The fourth-order valence-corrected chi connectivity index (χ4v) is 2.94. The third-order valence-corrected chi connectivity index (χ3v) is 4.50. The third kappa shape index (κ3) is 2.94. The van der Waals surface area contributed by atoms with Crippen LogP contribution in [0.25, 0.3) is 0 Å². The van der Waals surface area contributed by atoms with E-state index in [0.717, 1.165) is 30.5 Å². The molecule has 1 heterocycles. The zero-order chi connectivity index (χ0) is 14.8. The highest BCUT2D eigenvalue weighted by molar-refractivity contribution is 6.02. The maximum absolute atomic E-state index is 12.2. The van der Waals surface area contributed by atoms with Crippen LogP contribution in [0.4, 0.5) is 0 Å². The van der Waals surface area contributed by atoms with Gasteiger partial charge in [-0.05, 0) is 25.3 Å². The molecule has 21 heavy (non-hydrogen) atoms. The molecule has 0 unspecified atom stereocenters. The summed E-state index contributed by atoms with van der Waals surface area (Å²) in [4.78, 5) is 19.5. The minimum atomic E-state index is -0.0198. The first kappa shape index (κ1) is 14.1. The van der Waals surface area contributed by atoms with Gasteiger partial charge in [0.2, 0.25) is 5.91 Å². The molecule has 1 amide bonds. The molecule has 3 rings (SSSR count). The molecule has 112 valence electrons. The molecule has 1 atom stereocenters. The summed E-state index contributed by atoms with van der Waals surface area (Å²) in [5, 5.41) is 4.22. The second-order valence-electron chi connectivity index (χ2n) is 6.13. The van der Waals surface area contributed by atoms with Crippen LogP contribution in [0.5, 0.6) is 0 Å². The maximum atomic E-state index is 12.2. The fraction of sp³-hybridized carbons (Fsp3) is 0.529. The number of carbonyl (C=O) groups excluding carboxylic acids is 1. The lowest BCUT2D eigenvalue weighted by Gasteiger charge is -2.30. The molecule has 0 spiro atoms. The van der Waals surface area contributed by atoms with Crippen molar-refractivity contribution < 1.29 is 9.63 Å². The standard InChI is InChI=1S/C17H22N2O2/c1-12-6-3-4-9-15(12)16-10-14(21-18-16)11-19(2)17(20)13-7-5-8-13/h3-4,6,9,13-14H,5,7-8,10-11H2,1-2H3/t14-/m1/s1. The van der Waals surface area contributed by atoms with E-state index in [2.05, 4.69) is 24.2 Å². The van der Waals surface area contributed by atoms with Crippen LogP contribution in [0.2, 0.25) is 0 Å². The summed E-state index contributed by atoms with van der Waals surface area (Å²) in [7, 11) is 1.87. The second-order valence-corrected chi connectivity index (χ2v) is 6.13. The normalized spacial score (nSPS) is 21.4. The number of likely N-dealkylation sites (N-methyl/N-ethyl adjacent to an activating group) is 1. The largest absolute Gasteiger partial charge is 0.390 e. The van der Waals surface area contributed by atoms with E-state index in [1.807, 2.05) is 24.1 Å². The summed E-state index contributed by atoms with van der Waals surface area (Å²) in [6.45, 7) is 2.70. The molecule has 1 aliphatic heterocycles. The first-order valence-corrected chi connectivity index (χ1v) is 7.69. The quantitative estimate of drug-likeness (QED) is 0.854. The Hall–Kier alpha value is -1.84. The lowest BCUT2D eigenvalue weighted by Crippen LogP contribution is -2.40. The predicted octanol–water partition coefficient (Wildman–Crippen LogP) is 2.75. The molecule has 1 aromatic carbocycles. The van der Waals surface area contributed by atoms with Crippen LogP contribution < -0.4 is 0 Å². The molecule has 1 aromatic rings. The van der Waals surface area contributed by atoms with Crippen LogP contribution in [-0.4, -0.2) is 36.2 Å². The van der Waals surface area contributed by atoms with Crippen LogP contribution in [0.15, 0.2) is 29.4 Å². The highest BCUT2D eigenvalue weighted by Crippen LogP contribution is 2.28. The monoisotopic (exact) mass is 286 g/mol. The van der Waals surface area contributed by atoms with Gasteiger partial charge in [-0.15, -0.1) is 0 Å². The van der Waals surface area contributed by atoms with Gasteiger partial charge in [-0.2, -0.15) is 0 Å². The Labute approximate surface area is 125 Å². The second kappa shape index (κ2) is 5.88. The Morgan fingerprint density at radius 1 is 1.38 bits per heavy atom. The number of amides is 1. The maximum Gasteiger partial charge on any atom is 0.225 e. The molecule has 1 aliphatic carbocycles. The van der Waals surface area contributed by atoms with Gasteiger partial charge < -0.3 is 9.74 Å². The molecule has 0 aromatic heterocycles. The third-order valence-electron chi connectivity index (χ3n) is 4.50. The molecule has 0 N–H and O–H groups in total. The number of nitrogens with zero attached hydrogens (tertiary/aromatic N) is 2. The van der Waals surface area contributed by atoms with Gasteiger partial charge in [0.25, 0.3) is 0 Å². The van der Waals surface area contributed by atoms with Gasteiger partial charge in [0.15, 0.2) is 6.10 Å². The highest BCUT2D eigenvalue weighted by Gasteiger charge is 2.31. The Kier molecular flexibility index (Phi) is 3.95. The van der Waals surface area contributed by atoms with Crippen molar-refractivity contribution in [2.24, 2.45) is 11.1 Å². The Morgan fingerprint density at radius 2 is 2.14 bits per heavy atom.